The number of rotatable bonds is 4. The van der Waals surface area contributed by atoms with E-state index in [1.54, 1.807) is 18.1 Å². The van der Waals surface area contributed by atoms with Crippen LogP contribution in [0.5, 0.6) is 0 Å². The monoisotopic (exact) mass is 288 g/mol. The molecule has 0 saturated carbocycles. The van der Waals surface area contributed by atoms with Crippen LogP contribution in [-0.2, 0) is 6.54 Å². The van der Waals surface area contributed by atoms with Gasteiger partial charge in [0.2, 0.25) is 0 Å². The van der Waals surface area contributed by atoms with E-state index in [0.717, 1.165) is 26.8 Å². The van der Waals surface area contributed by atoms with Crippen molar-refractivity contribution in [2.75, 3.05) is 7.05 Å². The Bertz CT molecular complexity index is 682. The number of benzene rings is 1. The van der Waals surface area contributed by atoms with Crippen molar-refractivity contribution in [3.63, 3.8) is 0 Å². The highest BCUT2D eigenvalue weighted by atomic mass is 32.2. The zero-order chi connectivity index (χ0) is 13.1. The fraction of sp³-hybridized carbons (Fsp3) is 0.154. The van der Waals surface area contributed by atoms with Crippen molar-refractivity contribution in [3.05, 3.63) is 42.2 Å². The summed E-state index contributed by atoms with van der Waals surface area (Å²) in [6.07, 6.45) is 1.58. The molecule has 0 aliphatic heterocycles. The van der Waals surface area contributed by atoms with Crippen molar-refractivity contribution >= 4 is 34.2 Å². The zero-order valence-electron chi connectivity index (χ0n) is 10.3. The highest BCUT2D eigenvalue weighted by molar-refractivity contribution is 8.00. The first-order valence-corrected chi connectivity index (χ1v) is 7.43. The minimum atomic E-state index is 0.791. The molecular formula is C13H12N4S2. The first kappa shape index (κ1) is 12.5. The molecular weight excluding hydrogens is 276 g/mol. The molecule has 3 aromatic rings. The number of pyridine rings is 1. The minimum absolute atomic E-state index is 0.791. The van der Waals surface area contributed by atoms with Gasteiger partial charge in [-0.25, -0.2) is 9.97 Å². The smallest absolute Gasteiger partial charge is 0.176 e. The fourth-order valence-corrected chi connectivity index (χ4v) is 3.30. The maximum absolute atomic E-state index is 4.73. The highest BCUT2D eigenvalue weighted by Gasteiger charge is 2.10. The van der Waals surface area contributed by atoms with E-state index in [1.807, 2.05) is 25.2 Å². The van der Waals surface area contributed by atoms with Gasteiger partial charge in [-0.2, -0.15) is 4.37 Å². The summed E-state index contributed by atoms with van der Waals surface area (Å²) in [5.74, 6) is 0. The second-order valence-corrected chi connectivity index (χ2v) is 6.00. The summed E-state index contributed by atoms with van der Waals surface area (Å²) in [4.78, 5) is 8.93. The summed E-state index contributed by atoms with van der Waals surface area (Å²) in [5, 5.41) is 5.33. The first-order chi connectivity index (χ1) is 9.36. The molecule has 0 atom stereocenters. The zero-order valence-corrected chi connectivity index (χ0v) is 12.0. The number of nitrogens with one attached hydrogen (secondary N) is 1. The first-order valence-electron chi connectivity index (χ1n) is 5.84. The van der Waals surface area contributed by atoms with Crippen LogP contribution < -0.4 is 5.32 Å². The Hall–Kier alpha value is -1.50. The van der Waals surface area contributed by atoms with E-state index < -0.39 is 0 Å². The minimum Gasteiger partial charge on any atom is -0.316 e. The summed E-state index contributed by atoms with van der Waals surface area (Å²) < 4.78 is 4.94. The van der Waals surface area contributed by atoms with Gasteiger partial charge in [-0.3, -0.25) is 0 Å². The van der Waals surface area contributed by atoms with Crippen molar-refractivity contribution in [3.8, 4) is 0 Å². The largest absolute Gasteiger partial charge is 0.316 e. The number of hydrogen-bond donors (Lipinski definition) is 1. The van der Waals surface area contributed by atoms with E-state index in [9.17, 15) is 0 Å². The lowest BCUT2D eigenvalue weighted by Gasteiger charge is -2.08. The normalized spacial score (nSPS) is 11.0. The number of para-hydroxylation sites is 1. The van der Waals surface area contributed by atoms with E-state index in [0.29, 0.717) is 0 Å². The van der Waals surface area contributed by atoms with Gasteiger partial charge in [0, 0.05) is 11.9 Å². The standard InChI is InChI=1S/C13H12N4S2/c1-14-7-10-6-9-4-2-3-5-11(9)17-12(10)18-13-15-8-16-19-13/h2-6,8,14H,7H2,1H3. The van der Waals surface area contributed by atoms with Gasteiger partial charge in [-0.05, 0) is 48.0 Å². The summed E-state index contributed by atoms with van der Waals surface area (Å²) in [6.45, 7) is 0.791. The summed E-state index contributed by atoms with van der Waals surface area (Å²) in [6, 6.07) is 10.3. The van der Waals surface area contributed by atoms with Crippen molar-refractivity contribution < 1.29 is 0 Å². The van der Waals surface area contributed by atoms with Gasteiger partial charge >= 0.3 is 0 Å². The topological polar surface area (TPSA) is 50.7 Å². The van der Waals surface area contributed by atoms with Crippen LogP contribution in [0.15, 0.2) is 46.0 Å². The molecule has 96 valence electrons. The van der Waals surface area contributed by atoms with Crippen molar-refractivity contribution in [1.29, 1.82) is 0 Å². The SMILES string of the molecule is CNCc1cc2ccccc2nc1Sc1ncns1. The van der Waals surface area contributed by atoms with Crippen LogP contribution in [0.4, 0.5) is 0 Å². The Balaban J connectivity index is 2.06. The molecule has 0 unspecified atom stereocenters. The Morgan fingerprint density at radius 3 is 3.00 bits per heavy atom. The number of nitrogens with zero attached hydrogens (tertiary/aromatic N) is 3. The molecule has 1 aromatic carbocycles. The third-order valence-corrected chi connectivity index (χ3v) is 4.42. The molecule has 4 nitrogen and oxygen atoms in total. The lowest BCUT2D eigenvalue weighted by molar-refractivity contribution is 0.794. The third-order valence-electron chi connectivity index (χ3n) is 2.66. The second-order valence-electron chi connectivity index (χ2n) is 3.98. The average Bonchev–Trinajstić information content (AvgIpc) is 2.93. The van der Waals surface area contributed by atoms with Crippen LogP contribution >= 0.6 is 23.3 Å². The predicted molar refractivity (Wildman–Crippen MR) is 78.5 cm³/mol. The van der Waals surface area contributed by atoms with E-state index in [4.69, 9.17) is 4.98 Å². The van der Waals surface area contributed by atoms with Crippen molar-refractivity contribution in [2.24, 2.45) is 0 Å². The molecule has 0 bridgehead atoms. The average molecular weight is 288 g/mol. The quantitative estimate of drug-likeness (QED) is 0.800. The van der Waals surface area contributed by atoms with Gasteiger partial charge in [0.25, 0.3) is 0 Å². The summed E-state index contributed by atoms with van der Waals surface area (Å²) >= 11 is 2.96. The maximum Gasteiger partial charge on any atom is 0.176 e. The van der Waals surface area contributed by atoms with Crippen molar-refractivity contribution in [2.45, 2.75) is 15.9 Å². The number of hydrogen-bond acceptors (Lipinski definition) is 6. The molecule has 1 N–H and O–H groups in total. The molecule has 6 heteroatoms. The molecule has 3 rings (SSSR count). The Morgan fingerprint density at radius 1 is 1.32 bits per heavy atom. The third kappa shape index (κ3) is 2.75. The van der Waals surface area contributed by atoms with Crippen LogP contribution in [0.3, 0.4) is 0 Å². The Morgan fingerprint density at radius 2 is 2.21 bits per heavy atom. The number of fused-ring (bicyclic) bond motifs is 1. The maximum atomic E-state index is 4.73. The molecule has 0 amide bonds. The van der Waals surface area contributed by atoms with Crippen molar-refractivity contribution in [1.82, 2.24) is 19.7 Å². The van der Waals surface area contributed by atoms with Gasteiger partial charge in [0.05, 0.1) is 5.52 Å². The molecule has 0 aliphatic rings. The van der Waals surface area contributed by atoms with Crippen LogP contribution in [0.1, 0.15) is 5.56 Å². The summed E-state index contributed by atoms with van der Waals surface area (Å²) in [5.41, 5.74) is 2.19. The number of aromatic nitrogens is 3. The molecule has 0 spiro atoms. The molecule has 2 heterocycles. The van der Waals surface area contributed by atoms with Crippen LogP contribution in [0, 0.1) is 0 Å². The molecule has 2 aromatic heterocycles. The van der Waals surface area contributed by atoms with Crippen LogP contribution in [0.25, 0.3) is 10.9 Å². The molecule has 0 radical (unpaired) electrons. The highest BCUT2D eigenvalue weighted by Crippen LogP contribution is 2.31. The van der Waals surface area contributed by atoms with E-state index in [-0.39, 0.29) is 0 Å². The molecule has 0 saturated heterocycles. The predicted octanol–water partition coefficient (Wildman–Crippen LogP) is 2.96. The van der Waals surface area contributed by atoms with E-state index in [2.05, 4.69) is 26.8 Å². The molecule has 0 fully saturated rings. The van der Waals surface area contributed by atoms with E-state index in [1.165, 1.54) is 17.1 Å². The van der Waals surface area contributed by atoms with E-state index >= 15 is 0 Å². The Kier molecular flexibility index (Phi) is 3.72. The lowest BCUT2D eigenvalue weighted by atomic mass is 10.1. The van der Waals surface area contributed by atoms with Gasteiger partial charge in [0.1, 0.15) is 11.4 Å². The van der Waals surface area contributed by atoms with Gasteiger partial charge < -0.3 is 5.32 Å². The molecule has 19 heavy (non-hydrogen) atoms. The van der Waals surface area contributed by atoms with Gasteiger partial charge in [-0.1, -0.05) is 18.2 Å². The van der Waals surface area contributed by atoms with Crippen LogP contribution in [0.2, 0.25) is 0 Å². The van der Waals surface area contributed by atoms with Crippen LogP contribution in [-0.4, -0.2) is 21.4 Å². The fourth-order valence-electron chi connectivity index (χ4n) is 1.84. The Labute approximate surface area is 119 Å². The summed E-state index contributed by atoms with van der Waals surface area (Å²) in [7, 11) is 1.94. The second kappa shape index (κ2) is 5.64. The van der Waals surface area contributed by atoms with Gasteiger partial charge in [-0.15, -0.1) is 0 Å². The lowest BCUT2D eigenvalue weighted by Crippen LogP contribution is -2.07. The van der Waals surface area contributed by atoms with Gasteiger partial charge in [0.15, 0.2) is 4.34 Å². The molecule has 0 aliphatic carbocycles.